The number of nitrogens with one attached hydrogen (secondary N) is 1. The van der Waals surface area contributed by atoms with Gasteiger partial charge in [0.15, 0.2) is 0 Å². The smallest absolute Gasteiger partial charge is 0.0726 e. The SMILES string of the molecule is CC.c1ccc(-n2c3ccccc3c3ccccc32)cc1.c1ccc2c(c1)-c1ccccc1C21c2ccccc2-c2ccc(Nc3ccc4ccccc4c3)cc21. The van der Waals surface area contributed by atoms with Crippen molar-refractivity contribution in [2.24, 2.45) is 0 Å². The number of hydrogen-bond acceptors (Lipinski definition) is 1. The highest BCUT2D eigenvalue weighted by Crippen LogP contribution is 2.63. The number of fused-ring (bicyclic) bond motifs is 14. The van der Waals surface area contributed by atoms with Gasteiger partial charge in [-0.2, -0.15) is 0 Å². The highest BCUT2D eigenvalue weighted by Gasteiger charge is 2.51. The Labute approximate surface area is 334 Å². The zero-order valence-corrected chi connectivity index (χ0v) is 32.2. The molecule has 0 saturated heterocycles. The van der Waals surface area contributed by atoms with E-state index in [0.717, 1.165) is 11.4 Å². The van der Waals surface area contributed by atoms with Crippen molar-refractivity contribution in [3.63, 3.8) is 0 Å². The van der Waals surface area contributed by atoms with Crippen LogP contribution in [-0.4, -0.2) is 4.57 Å². The molecule has 0 atom stereocenters. The summed E-state index contributed by atoms with van der Waals surface area (Å²) in [4.78, 5) is 0. The van der Waals surface area contributed by atoms with Gasteiger partial charge in [0.25, 0.3) is 0 Å². The molecule has 10 aromatic rings. The van der Waals surface area contributed by atoms with E-state index in [1.54, 1.807) is 0 Å². The molecule has 2 heteroatoms. The van der Waals surface area contributed by atoms with Gasteiger partial charge in [-0.25, -0.2) is 0 Å². The van der Waals surface area contributed by atoms with Gasteiger partial charge in [0.05, 0.1) is 16.4 Å². The number of benzene rings is 9. The molecule has 0 saturated carbocycles. The Morgan fingerprint density at radius 2 is 0.789 bits per heavy atom. The zero-order valence-electron chi connectivity index (χ0n) is 32.2. The monoisotopic (exact) mass is 730 g/mol. The summed E-state index contributed by atoms with van der Waals surface area (Å²) < 4.78 is 2.32. The topological polar surface area (TPSA) is 17.0 Å². The van der Waals surface area contributed by atoms with Crippen LogP contribution in [0.1, 0.15) is 36.1 Å². The van der Waals surface area contributed by atoms with Gasteiger partial charge in [-0.3, -0.25) is 0 Å². The van der Waals surface area contributed by atoms with E-state index in [9.17, 15) is 0 Å². The van der Waals surface area contributed by atoms with Crippen molar-refractivity contribution in [1.82, 2.24) is 4.57 Å². The minimum atomic E-state index is -0.305. The van der Waals surface area contributed by atoms with E-state index in [2.05, 4.69) is 222 Å². The van der Waals surface area contributed by atoms with Gasteiger partial charge in [0, 0.05) is 27.8 Å². The first-order valence-corrected chi connectivity index (χ1v) is 20.0. The maximum atomic E-state index is 3.71. The first kappa shape index (κ1) is 34.3. The van der Waals surface area contributed by atoms with Crippen LogP contribution in [0, 0.1) is 0 Å². The molecule has 12 rings (SSSR count). The van der Waals surface area contributed by atoms with E-state index >= 15 is 0 Å². The second kappa shape index (κ2) is 14.2. The van der Waals surface area contributed by atoms with Crippen molar-refractivity contribution in [3.05, 3.63) is 235 Å². The quantitative estimate of drug-likeness (QED) is 0.192. The highest BCUT2D eigenvalue weighted by atomic mass is 15.0. The number of aromatic nitrogens is 1. The van der Waals surface area contributed by atoms with E-state index in [-0.39, 0.29) is 5.41 Å². The molecule has 1 N–H and O–H groups in total. The van der Waals surface area contributed by atoms with Crippen LogP contribution >= 0.6 is 0 Å². The van der Waals surface area contributed by atoms with E-state index in [0.29, 0.717) is 0 Å². The third-order valence-corrected chi connectivity index (χ3v) is 11.6. The van der Waals surface area contributed by atoms with Crippen molar-refractivity contribution in [1.29, 1.82) is 0 Å². The fourth-order valence-corrected chi connectivity index (χ4v) is 9.38. The highest BCUT2D eigenvalue weighted by molar-refractivity contribution is 6.09. The Kier molecular flexibility index (Phi) is 8.53. The van der Waals surface area contributed by atoms with Crippen molar-refractivity contribution >= 4 is 44.0 Å². The molecular formula is C55H42N2. The molecule has 2 nitrogen and oxygen atoms in total. The Morgan fingerprint density at radius 3 is 1.39 bits per heavy atom. The predicted molar refractivity (Wildman–Crippen MR) is 242 cm³/mol. The summed E-state index contributed by atoms with van der Waals surface area (Å²) in [5.41, 5.74) is 16.4. The van der Waals surface area contributed by atoms with Crippen molar-refractivity contribution in [3.8, 4) is 27.9 Å². The average molecular weight is 731 g/mol. The molecule has 0 fully saturated rings. The molecule has 0 amide bonds. The largest absolute Gasteiger partial charge is 0.355 e. The third-order valence-electron chi connectivity index (χ3n) is 11.6. The first-order chi connectivity index (χ1) is 28.3. The molecule has 2 aliphatic carbocycles. The van der Waals surface area contributed by atoms with Gasteiger partial charge in [0.1, 0.15) is 0 Å². The first-order valence-electron chi connectivity index (χ1n) is 20.0. The molecule has 272 valence electrons. The lowest BCUT2D eigenvalue weighted by Gasteiger charge is -2.30. The fraction of sp³-hybridized carbons (Fsp3) is 0.0545. The van der Waals surface area contributed by atoms with Crippen molar-refractivity contribution < 1.29 is 0 Å². The van der Waals surface area contributed by atoms with Crippen molar-refractivity contribution in [2.45, 2.75) is 19.3 Å². The molecule has 2 aliphatic rings. The minimum absolute atomic E-state index is 0.305. The molecule has 1 spiro atoms. The lowest BCUT2D eigenvalue weighted by molar-refractivity contribution is 0.794. The molecule has 57 heavy (non-hydrogen) atoms. The Hall–Kier alpha value is -7.16. The molecule has 0 unspecified atom stereocenters. The van der Waals surface area contributed by atoms with Crippen LogP contribution < -0.4 is 5.32 Å². The second-order valence-corrected chi connectivity index (χ2v) is 14.5. The van der Waals surface area contributed by atoms with Crippen LogP contribution in [0.15, 0.2) is 212 Å². The van der Waals surface area contributed by atoms with Gasteiger partial charge in [-0.15, -0.1) is 0 Å². The van der Waals surface area contributed by atoms with Crippen LogP contribution in [-0.2, 0) is 5.41 Å². The molecular weight excluding hydrogens is 689 g/mol. The number of para-hydroxylation sites is 3. The number of nitrogens with zero attached hydrogens (tertiary/aromatic N) is 1. The van der Waals surface area contributed by atoms with E-state index in [4.69, 9.17) is 0 Å². The fourth-order valence-electron chi connectivity index (χ4n) is 9.38. The molecule has 9 aromatic carbocycles. The third kappa shape index (κ3) is 5.40. The normalized spacial score (nSPS) is 12.5. The maximum Gasteiger partial charge on any atom is 0.0726 e. The number of hydrogen-bond donors (Lipinski definition) is 1. The second-order valence-electron chi connectivity index (χ2n) is 14.5. The van der Waals surface area contributed by atoms with E-state index in [1.165, 1.54) is 82.8 Å². The van der Waals surface area contributed by atoms with Crippen LogP contribution in [0.4, 0.5) is 11.4 Å². The molecule has 1 heterocycles. The number of rotatable bonds is 3. The van der Waals surface area contributed by atoms with Crippen LogP contribution in [0.5, 0.6) is 0 Å². The van der Waals surface area contributed by atoms with Gasteiger partial charge < -0.3 is 9.88 Å². The van der Waals surface area contributed by atoms with E-state index in [1.807, 2.05) is 13.8 Å². The summed E-state index contributed by atoms with van der Waals surface area (Å²) in [6.45, 7) is 4.00. The van der Waals surface area contributed by atoms with Crippen molar-refractivity contribution in [2.75, 3.05) is 5.32 Å². The zero-order chi connectivity index (χ0) is 38.3. The average Bonchev–Trinajstić information content (AvgIpc) is 3.89. The predicted octanol–water partition coefficient (Wildman–Crippen LogP) is 14.7. The molecule has 0 aliphatic heterocycles. The van der Waals surface area contributed by atoms with Crippen LogP contribution in [0.2, 0.25) is 0 Å². The summed E-state index contributed by atoms with van der Waals surface area (Å²) >= 11 is 0. The molecule has 1 aromatic heterocycles. The van der Waals surface area contributed by atoms with E-state index < -0.39 is 0 Å². The summed E-state index contributed by atoms with van der Waals surface area (Å²) in [7, 11) is 0. The van der Waals surface area contributed by atoms with Gasteiger partial charge in [-0.05, 0) is 104 Å². The lowest BCUT2D eigenvalue weighted by Crippen LogP contribution is -2.25. The summed E-state index contributed by atoms with van der Waals surface area (Å²) in [6, 6.07) is 76.5. The Bertz CT molecular complexity index is 2960. The minimum Gasteiger partial charge on any atom is -0.355 e. The maximum absolute atomic E-state index is 3.71. The van der Waals surface area contributed by atoms with Gasteiger partial charge in [0.2, 0.25) is 0 Å². The summed E-state index contributed by atoms with van der Waals surface area (Å²) in [6.07, 6.45) is 0. The standard InChI is InChI=1S/C35H23N.C18H13N.C2H6/c1-2-10-24-21-25(18-17-23(24)9-1)36-26-19-20-30-29-13-5-8-16-33(29)35(34(30)22-26)31-14-6-3-11-27(31)28-12-4-7-15-32(28)35;1-2-8-14(9-3-1)19-17-12-6-4-10-15(17)16-11-5-7-13-18(16)19;1-2/h1-22,36H;1-13H;1-2H3. The van der Waals surface area contributed by atoms with Gasteiger partial charge in [-0.1, -0.05) is 178 Å². The lowest BCUT2D eigenvalue weighted by atomic mass is 9.70. The summed E-state index contributed by atoms with van der Waals surface area (Å²) in [5, 5.41) is 8.82. The molecule has 0 bridgehead atoms. The van der Waals surface area contributed by atoms with Crippen LogP contribution in [0.25, 0.3) is 60.5 Å². The van der Waals surface area contributed by atoms with Gasteiger partial charge >= 0.3 is 0 Å². The number of anilines is 2. The molecule has 0 radical (unpaired) electrons. The Morgan fingerprint density at radius 1 is 0.351 bits per heavy atom. The van der Waals surface area contributed by atoms with Crippen LogP contribution in [0.3, 0.4) is 0 Å². The Balaban J connectivity index is 0.000000159. The summed E-state index contributed by atoms with van der Waals surface area (Å²) in [5.74, 6) is 0.